The van der Waals surface area contributed by atoms with Crippen molar-refractivity contribution in [3.8, 4) is 0 Å². The lowest BCUT2D eigenvalue weighted by molar-refractivity contribution is -0.149. The molecule has 0 radical (unpaired) electrons. The molecule has 53 heavy (non-hydrogen) atoms. The lowest BCUT2D eigenvalue weighted by Gasteiger charge is -2.41. The summed E-state index contributed by atoms with van der Waals surface area (Å²) < 4.78 is 17.1. The standard InChI is InChI=1S/C40H65N5O8/c1-12-25(4)32(44(8)36(48)31(24(2)3)42-38(50)39(6,7)41)29(51-9)23-30(46)45-22-16-19-28(45)33(52-10)26(5)35(47)43-34(37(49)53-11)40(20-21-40)27-17-14-13-15-18-27/h13-15,17-18,24-26,28-29,31-34H,12,16,19-23,41H2,1-11H3,(H,42,50)(H,43,47)/t25-,26+,28-,29+,31-,32-,33+,34?/m0/s1. The molecule has 1 aliphatic heterocycles. The number of amides is 4. The number of esters is 1. The van der Waals surface area contributed by atoms with Gasteiger partial charge in [-0.2, -0.15) is 0 Å². The van der Waals surface area contributed by atoms with Crippen molar-refractivity contribution in [2.24, 2.45) is 23.5 Å². The lowest BCUT2D eigenvalue weighted by atomic mass is 9.86. The van der Waals surface area contributed by atoms with Gasteiger partial charge in [-0.1, -0.05) is 71.4 Å². The van der Waals surface area contributed by atoms with Gasteiger partial charge < -0.3 is 40.4 Å². The number of carbonyl (C=O) groups excluding carboxylic acids is 5. The first kappa shape index (κ1) is 43.9. The first-order valence-electron chi connectivity index (χ1n) is 19.0. The Morgan fingerprint density at radius 1 is 1.00 bits per heavy atom. The predicted octanol–water partition coefficient (Wildman–Crippen LogP) is 3.17. The molecular weight excluding hydrogens is 678 g/mol. The van der Waals surface area contributed by atoms with Gasteiger partial charge in [-0.05, 0) is 56.9 Å². The van der Waals surface area contributed by atoms with E-state index in [0.717, 1.165) is 24.8 Å². The molecule has 13 nitrogen and oxygen atoms in total. The molecule has 1 aliphatic carbocycles. The SMILES string of the molecule is CC[C@H](C)[C@@H]([C@@H](CC(=O)N1CCC[C@H]1[C@H](OC)[C@@H](C)C(=O)NC(C(=O)OC)C1(c2ccccc2)CC1)OC)N(C)C(=O)[C@@H](NC(=O)C(C)(C)N)C(C)C. The third kappa shape index (κ3) is 10.2. The minimum atomic E-state index is -1.17. The van der Waals surface area contributed by atoms with Crippen molar-refractivity contribution in [2.45, 2.75) is 134 Å². The maximum Gasteiger partial charge on any atom is 0.329 e. The number of likely N-dealkylation sites (N-methyl/N-ethyl adjacent to an activating group) is 1. The molecule has 3 rings (SSSR count). The van der Waals surface area contributed by atoms with Crippen molar-refractivity contribution in [1.82, 2.24) is 20.4 Å². The third-order valence-corrected chi connectivity index (χ3v) is 11.5. The van der Waals surface area contributed by atoms with E-state index in [9.17, 15) is 24.0 Å². The fraction of sp³-hybridized carbons (Fsp3) is 0.725. The number of ether oxygens (including phenoxy) is 3. The molecule has 1 saturated heterocycles. The number of hydrogen-bond donors (Lipinski definition) is 3. The molecule has 1 saturated carbocycles. The van der Waals surface area contributed by atoms with Crippen LogP contribution in [0.25, 0.3) is 0 Å². The van der Waals surface area contributed by atoms with E-state index < -0.39 is 65.1 Å². The predicted molar refractivity (Wildman–Crippen MR) is 202 cm³/mol. The van der Waals surface area contributed by atoms with E-state index in [1.54, 1.807) is 37.6 Å². The molecule has 13 heteroatoms. The highest BCUT2D eigenvalue weighted by Gasteiger charge is 2.55. The Kier molecular flexibility index (Phi) is 15.4. The Hall–Kier alpha value is -3.55. The lowest BCUT2D eigenvalue weighted by Crippen LogP contribution is -2.60. The van der Waals surface area contributed by atoms with Gasteiger partial charge >= 0.3 is 5.97 Å². The van der Waals surface area contributed by atoms with Crippen molar-refractivity contribution in [3.05, 3.63) is 35.9 Å². The van der Waals surface area contributed by atoms with Gasteiger partial charge in [0.25, 0.3) is 0 Å². The minimum absolute atomic E-state index is 0.00478. The van der Waals surface area contributed by atoms with Crippen LogP contribution in [-0.2, 0) is 43.6 Å². The Morgan fingerprint density at radius 2 is 1.62 bits per heavy atom. The minimum Gasteiger partial charge on any atom is -0.467 e. The second-order valence-electron chi connectivity index (χ2n) is 16.0. The molecule has 2 fully saturated rings. The molecule has 8 atom stereocenters. The first-order chi connectivity index (χ1) is 24.9. The fourth-order valence-electron chi connectivity index (χ4n) is 7.83. The van der Waals surface area contributed by atoms with Crippen LogP contribution in [0.15, 0.2) is 30.3 Å². The summed E-state index contributed by atoms with van der Waals surface area (Å²) >= 11 is 0. The Labute approximate surface area is 316 Å². The number of hydrogen-bond acceptors (Lipinski definition) is 9. The summed E-state index contributed by atoms with van der Waals surface area (Å²) in [5.41, 5.74) is 5.29. The van der Waals surface area contributed by atoms with E-state index >= 15 is 0 Å². The van der Waals surface area contributed by atoms with Crippen LogP contribution in [0.4, 0.5) is 0 Å². The van der Waals surface area contributed by atoms with Crippen LogP contribution in [0.3, 0.4) is 0 Å². The van der Waals surface area contributed by atoms with Crippen LogP contribution in [0, 0.1) is 17.8 Å². The van der Waals surface area contributed by atoms with E-state index in [4.69, 9.17) is 19.9 Å². The van der Waals surface area contributed by atoms with Gasteiger partial charge in [0.15, 0.2) is 0 Å². The highest BCUT2D eigenvalue weighted by molar-refractivity contribution is 5.92. The van der Waals surface area contributed by atoms with E-state index in [1.165, 1.54) is 21.3 Å². The van der Waals surface area contributed by atoms with Crippen molar-refractivity contribution in [2.75, 3.05) is 34.9 Å². The fourth-order valence-corrected chi connectivity index (χ4v) is 7.83. The number of likely N-dealkylation sites (tertiary alicyclic amines) is 1. The van der Waals surface area contributed by atoms with Gasteiger partial charge in [-0.15, -0.1) is 0 Å². The summed E-state index contributed by atoms with van der Waals surface area (Å²) in [6.07, 6.45) is 2.24. The van der Waals surface area contributed by atoms with Crippen LogP contribution in [0.5, 0.6) is 0 Å². The summed E-state index contributed by atoms with van der Waals surface area (Å²) in [5.74, 6) is -2.72. The largest absolute Gasteiger partial charge is 0.467 e. The van der Waals surface area contributed by atoms with Gasteiger partial charge in [-0.25, -0.2) is 4.79 Å². The Bertz CT molecular complexity index is 1410. The van der Waals surface area contributed by atoms with Gasteiger partial charge in [0, 0.05) is 33.2 Å². The number of nitrogens with zero attached hydrogens (tertiary/aromatic N) is 2. The number of carbonyl (C=O) groups is 5. The summed E-state index contributed by atoms with van der Waals surface area (Å²) in [5, 5.41) is 5.83. The molecule has 1 heterocycles. The van der Waals surface area contributed by atoms with E-state index in [1.807, 2.05) is 58.0 Å². The van der Waals surface area contributed by atoms with Crippen molar-refractivity contribution in [3.63, 3.8) is 0 Å². The molecule has 4 N–H and O–H groups in total. The second-order valence-corrected chi connectivity index (χ2v) is 16.0. The van der Waals surface area contributed by atoms with Crippen molar-refractivity contribution in [1.29, 1.82) is 0 Å². The van der Waals surface area contributed by atoms with Crippen LogP contribution in [0.2, 0.25) is 0 Å². The smallest absolute Gasteiger partial charge is 0.329 e. The van der Waals surface area contributed by atoms with Gasteiger partial charge in [-0.3, -0.25) is 19.2 Å². The quantitative estimate of drug-likeness (QED) is 0.180. The molecule has 0 bridgehead atoms. The molecule has 0 aromatic heterocycles. The van der Waals surface area contributed by atoms with Gasteiger partial charge in [0.1, 0.15) is 12.1 Å². The monoisotopic (exact) mass is 743 g/mol. The molecule has 1 aromatic rings. The normalized spacial score (nSPS) is 20.7. The number of benzene rings is 1. The molecular formula is C40H65N5O8. The zero-order valence-corrected chi connectivity index (χ0v) is 33.8. The molecule has 0 spiro atoms. The average Bonchev–Trinajstić information content (AvgIpc) is 3.80. The Morgan fingerprint density at radius 3 is 2.11 bits per heavy atom. The van der Waals surface area contributed by atoms with Gasteiger partial charge in [0.2, 0.25) is 23.6 Å². The van der Waals surface area contributed by atoms with Crippen LogP contribution < -0.4 is 16.4 Å². The molecule has 2 aliphatic rings. The molecule has 1 unspecified atom stereocenters. The molecule has 4 amide bonds. The second kappa shape index (κ2) is 18.7. The van der Waals surface area contributed by atoms with E-state index in [0.29, 0.717) is 19.4 Å². The summed E-state index contributed by atoms with van der Waals surface area (Å²) in [6, 6.07) is 7.11. The molecule has 298 valence electrons. The number of rotatable bonds is 19. The maximum absolute atomic E-state index is 14.2. The Balaban J connectivity index is 1.80. The van der Waals surface area contributed by atoms with Crippen molar-refractivity contribution < 1.29 is 38.2 Å². The number of nitrogens with one attached hydrogen (secondary N) is 2. The first-order valence-corrected chi connectivity index (χ1v) is 19.0. The summed E-state index contributed by atoms with van der Waals surface area (Å²) in [6.45, 7) is 13.2. The number of methoxy groups -OCH3 is 3. The zero-order chi connectivity index (χ0) is 39.8. The van der Waals surface area contributed by atoms with Crippen LogP contribution in [0.1, 0.15) is 92.6 Å². The van der Waals surface area contributed by atoms with Crippen LogP contribution in [-0.4, -0.2) is 116 Å². The maximum atomic E-state index is 14.2. The topological polar surface area (TPSA) is 170 Å². The van der Waals surface area contributed by atoms with Crippen LogP contribution >= 0.6 is 0 Å². The molecule has 1 aromatic carbocycles. The number of nitrogens with two attached hydrogens (primary N) is 1. The third-order valence-electron chi connectivity index (χ3n) is 11.5. The van der Waals surface area contributed by atoms with E-state index in [-0.39, 0.29) is 36.0 Å². The average molecular weight is 744 g/mol. The summed E-state index contributed by atoms with van der Waals surface area (Å²) in [4.78, 5) is 71.4. The van der Waals surface area contributed by atoms with Crippen molar-refractivity contribution >= 4 is 29.6 Å². The highest BCUT2D eigenvalue weighted by atomic mass is 16.5. The summed E-state index contributed by atoms with van der Waals surface area (Å²) in [7, 11) is 6.08. The van der Waals surface area contributed by atoms with Gasteiger partial charge in [0.05, 0.1) is 49.3 Å². The highest BCUT2D eigenvalue weighted by Crippen LogP contribution is 2.51. The van der Waals surface area contributed by atoms with E-state index in [2.05, 4.69) is 10.6 Å². The zero-order valence-electron chi connectivity index (χ0n) is 33.8.